The molecule has 0 unspecified atom stereocenters. The minimum absolute atomic E-state index is 0.346. The zero-order chi connectivity index (χ0) is 17.6. The average molecular weight is 343 g/mol. The highest BCUT2D eigenvalue weighted by atomic mass is 16.5. The fraction of sp³-hybridized carbons (Fsp3) is 0.412. The van der Waals surface area contributed by atoms with Gasteiger partial charge in [-0.1, -0.05) is 0 Å². The van der Waals surface area contributed by atoms with Gasteiger partial charge in [-0.05, 0) is 19.1 Å². The van der Waals surface area contributed by atoms with Gasteiger partial charge in [-0.15, -0.1) is 0 Å². The predicted octanol–water partition coefficient (Wildman–Crippen LogP) is 1.38. The molecule has 1 fully saturated rings. The van der Waals surface area contributed by atoms with Crippen LogP contribution in [0.25, 0.3) is 0 Å². The second-order valence-electron chi connectivity index (χ2n) is 5.50. The van der Waals surface area contributed by atoms with Crippen molar-refractivity contribution in [2.45, 2.75) is 6.92 Å². The summed E-state index contributed by atoms with van der Waals surface area (Å²) in [6, 6.07) is 5.33. The molecule has 0 N–H and O–H groups in total. The lowest BCUT2D eigenvalue weighted by atomic mass is 10.2. The SMILES string of the molecule is CCOC(=O)c1ccc(N2CCN(c3nccc(OC)n3)CC2)nc1. The lowest BCUT2D eigenvalue weighted by Gasteiger charge is -2.35. The van der Waals surface area contributed by atoms with Gasteiger partial charge in [0.1, 0.15) is 5.82 Å². The Morgan fingerprint density at radius 3 is 2.52 bits per heavy atom. The van der Waals surface area contributed by atoms with E-state index in [-0.39, 0.29) is 5.97 Å². The minimum Gasteiger partial charge on any atom is -0.481 e. The first-order chi connectivity index (χ1) is 12.2. The molecule has 1 aliphatic heterocycles. The van der Waals surface area contributed by atoms with Gasteiger partial charge in [0.15, 0.2) is 0 Å². The number of hydrogen-bond acceptors (Lipinski definition) is 8. The largest absolute Gasteiger partial charge is 0.481 e. The van der Waals surface area contributed by atoms with Gasteiger partial charge in [0.2, 0.25) is 11.8 Å². The second-order valence-corrected chi connectivity index (χ2v) is 5.50. The van der Waals surface area contributed by atoms with Crippen LogP contribution in [0.3, 0.4) is 0 Å². The zero-order valence-corrected chi connectivity index (χ0v) is 14.4. The monoisotopic (exact) mass is 343 g/mol. The van der Waals surface area contributed by atoms with Crippen molar-refractivity contribution in [3.05, 3.63) is 36.2 Å². The van der Waals surface area contributed by atoms with E-state index in [0.717, 1.165) is 32.0 Å². The van der Waals surface area contributed by atoms with Crippen molar-refractivity contribution in [2.24, 2.45) is 0 Å². The smallest absolute Gasteiger partial charge is 0.339 e. The van der Waals surface area contributed by atoms with E-state index in [2.05, 4.69) is 24.8 Å². The molecule has 3 rings (SSSR count). The molecule has 0 amide bonds. The summed E-state index contributed by atoms with van der Waals surface area (Å²) >= 11 is 0. The number of nitrogens with zero attached hydrogens (tertiary/aromatic N) is 5. The molecule has 0 saturated carbocycles. The standard InChI is InChI=1S/C17H21N5O3/c1-3-25-16(23)13-4-5-14(19-12-13)21-8-10-22(11-9-21)17-18-7-6-15(20-17)24-2/h4-7,12H,3,8-11H2,1-2H3. The first-order valence-corrected chi connectivity index (χ1v) is 8.21. The highest BCUT2D eigenvalue weighted by molar-refractivity contribution is 5.89. The maximum atomic E-state index is 11.7. The van der Waals surface area contributed by atoms with E-state index in [4.69, 9.17) is 9.47 Å². The van der Waals surface area contributed by atoms with Crippen LogP contribution in [0.15, 0.2) is 30.6 Å². The number of aromatic nitrogens is 3. The first-order valence-electron chi connectivity index (χ1n) is 8.21. The van der Waals surface area contributed by atoms with Crippen LogP contribution in [0.2, 0.25) is 0 Å². The topological polar surface area (TPSA) is 80.7 Å². The summed E-state index contributed by atoms with van der Waals surface area (Å²) in [6.45, 7) is 5.31. The average Bonchev–Trinajstić information content (AvgIpc) is 2.68. The van der Waals surface area contributed by atoms with E-state index in [1.807, 2.05) is 6.07 Å². The molecule has 0 bridgehead atoms. The van der Waals surface area contributed by atoms with Crippen molar-refractivity contribution in [2.75, 3.05) is 49.7 Å². The van der Waals surface area contributed by atoms with Crippen LogP contribution in [-0.4, -0.2) is 60.8 Å². The number of carbonyl (C=O) groups excluding carboxylic acids is 1. The summed E-state index contributed by atoms with van der Waals surface area (Å²) in [5.74, 6) is 1.73. The Morgan fingerprint density at radius 2 is 1.88 bits per heavy atom. The van der Waals surface area contributed by atoms with Crippen molar-refractivity contribution < 1.29 is 14.3 Å². The molecule has 0 aliphatic carbocycles. The van der Waals surface area contributed by atoms with Crippen LogP contribution in [0.4, 0.5) is 11.8 Å². The van der Waals surface area contributed by atoms with Gasteiger partial charge in [0, 0.05) is 44.6 Å². The van der Waals surface area contributed by atoms with Gasteiger partial charge in [0.05, 0.1) is 19.3 Å². The Kier molecular flexibility index (Phi) is 5.27. The molecule has 1 aliphatic rings. The predicted molar refractivity (Wildman–Crippen MR) is 93.2 cm³/mol. The van der Waals surface area contributed by atoms with Crippen LogP contribution < -0.4 is 14.5 Å². The van der Waals surface area contributed by atoms with Crippen LogP contribution in [-0.2, 0) is 4.74 Å². The molecular formula is C17H21N5O3. The Morgan fingerprint density at radius 1 is 1.12 bits per heavy atom. The Bertz CT molecular complexity index is 714. The molecule has 0 radical (unpaired) electrons. The molecule has 0 aromatic carbocycles. The van der Waals surface area contributed by atoms with Crippen molar-refractivity contribution in [1.29, 1.82) is 0 Å². The van der Waals surface area contributed by atoms with E-state index in [9.17, 15) is 4.79 Å². The molecule has 25 heavy (non-hydrogen) atoms. The van der Waals surface area contributed by atoms with Gasteiger partial charge in [-0.25, -0.2) is 14.8 Å². The molecule has 132 valence electrons. The number of pyridine rings is 1. The quantitative estimate of drug-likeness (QED) is 0.753. The number of hydrogen-bond donors (Lipinski definition) is 0. The highest BCUT2D eigenvalue weighted by Gasteiger charge is 2.20. The zero-order valence-electron chi connectivity index (χ0n) is 14.4. The van der Waals surface area contributed by atoms with Crippen LogP contribution in [0.1, 0.15) is 17.3 Å². The van der Waals surface area contributed by atoms with Gasteiger partial charge in [-0.2, -0.15) is 4.98 Å². The summed E-state index contributed by atoms with van der Waals surface area (Å²) in [6.07, 6.45) is 3.26. The molecule has 8 nitrogen and oxygen atoms in total. The van der Waals surface area contributed by atoms with Crippen molar-refractivity contribution in [1.82, 2.24) is 15.0 Å². The third-order valence-corrected chi connectivity index (χ3v) is 3.97. The first kappa shape index (κ1) is 16.9. The third kappa shape index (κ3) is 3.96. The number of piperazine rings is 1. The summed E-state index contributed by atoms with van der Waals surface area (Å²) in [5.41, 5.74) is 0.467. The number of ether oxygens (including phenoxy) is 2. The van der Waals surface area contributed by atoms with Crippen LogP contribution >= 0.6 is 0 Å². The fourth-order valence-corrected chi connectivity index (χ4v) is 2.64. The fourth-order valence-electron chi connectivity index (χ4n) is 2.64. The summed E-state index contributed by atoms with van der Waals surface area (Å²) in [4.78, 5) is 29.0. The lowest BCUT2D eigenvalue weighted by molar-refractivity contribution is 0.0526. The number of esters is 1. The maximum absolute atomic E-state index is 11.7. The molecule has 2 aromatic rings. The number of methoxy groups -OCH3 is 1. The summed E-state index contributed by atoms with van der Waals surface area (Å²) in [5, 5.41) is 0. The van der Waals surface area contributed by atoms with Gasteiger partial charge >= 0.3 is 5.97 Å². The molecule has 8 heteroatoms. The van der Waals surface area contributed by atoms with Crippen molar-refractivity contribution >= 4 is 17.7 Å². The summed E-state index contributed by atoms with van der Waals surface area (Å²) < 4.78 is 10.1. The van der Waals surface area contributed by atoms with Crippen molar-refractivity contribution in [3.63, 3.8) is 0 Å². The van der Waals surface area contributed by atoms with Crippen LogP contribution in [0.5, 0.6) is 5.88 Å². The molecule has 3 heterocycles. The van der Waals surface area contributed by atoms with E-state index >= 15 is 0 Å². The van der Waals surface area contributed by atoms with E-state index in [1.165, 1.54) is 0 Å². The summed E-state index contributed by atoms with van der Waals surface area (Å²) in [7, 11) is 1.59. The Balaban J connectivity index is 1.61. The number of anilines is 2. The Hall–Kier alpha value is -2.90. The Labute approximate surface area is 146 Å². The molecule has 2 aromatic heterocycles. The number of rotatable bonds is 5. The number of carbonyl (C=O) groups is 1. The molecule has 0 spiro atoms. The highest BCUT2D eigenvalue weighted by Crippen LogP contribution is 2.18. The second kappa shape index (κ2) is 7.78. The molecular weight excluding hydrogens is 322 g/mol. The molecule has 0 atom stereocenters. The van der Waals surface area contributed by atoms with E-state index in [0.29, 0.717) is 24.0 Å². The normalized spacial score (nSPS) is 14.3. The van der Waals surface area contributed by atoms with Crippen molar-refractivity contribution in [3.8, 4) is 5.88 Å². The van der Waals surface area contributed by atoms with Gasteiger partial charge in [-0.3, -0.25) is 0 Å². The minimum atomic E-state index is -0.346. The molecule has 1 saturated heterocycles. The van der Waals surface area contributed by atoms with E-state index in [1.54, 1.807) is 38.6 Å². The van der Waals surface area contributed by atoms with E-state index < -0.39 is 0 Å². The third-order valence-electron chi connectivity index (χ3n) is 3.97. The van der Waals surface area contributed by atoms with Crippen LogP contribution in [0, 0.1) is 0 Å². The van der Waals surface area contributed by atoms with Gasteiger partial charge in [0.25, 0.3) is 0 Å². The van der Waals surface area contributed by atoms with Gasteiger partial charge < -0.3 is 19.3 Å². The lowest BCUT2D eigenvalue weighted by Crippen LogP contribution is -2.47. The maximum Gasteiger partial charge on any atom is 0.339 e.